The van der Waals surface area contributed by atoms with Crippen LogP contribution in [-0.4, -0.2) is 30.9 Å². The standard InChI is InChI=1S/C23H27FO4/c1-4-5-17-6-8-18(9-7-17)22-19(10-12-28-23(26)16(2)3)14-20(15-21(22)24)27-13-11-25/h6-9,14-15,25H,2,4-5,10-13H2,1,3H3. The molecule has 0 saturated carbocycles. The van der Waals surface area contributed by atoms with Gasteiger partial charge in [-0.2, -0.15) is 0 Å². The second-order valence-corrected chi connectivity index (χ2v) is 6.62. The van der Waals surface area contributed by atoms with E-state index in [9.17, 15) is 9.18 Å². The fourth-order valence-corrected chi connectivity index (χ4v) is 2.91. The van der Waals surface area contributed by atoms with Crippen molar-refractivity contribution in [2.75, 3.05) is 19.8 Å². The topological polar surface area (TPSA) is 55.8 Å². The van der Waals surface area contributed by atoms with E-state index in [4.69, 9.17) is 14.6 Å². The molecule has 0 heterocycles. The Kier molecular flexibility index (Phi) is 8.20. The zero-order valence-electron chi connectivity index (χ0n) is 16.5. The highest BCUT2D eigenvalue weighted by Gasteiger charge is 2.15. The largest absolute Gasteiger partial charge is 0.491 e. The first kappa shape index (κ1) is 21.6. The molecule has 0 aliphatic heterocycles. The summed E-state index contributed by atoms with van der Waals surface area (Å²) in [4.78, 5) is 11.6. The van der Waals surface area contributed by atoms with Gasteiger partial charge in [-0.1, -0.05) is 44.2 Å². The van der Waals surface area contributed by atoms with Crippen LogP contribution in [0.15, 0.2) is 48.6 Å². The van der Waals surface area contributed by atoms with Crippen LogP contribution in [0, 0.1) is 5.82 Å². The number of ether oxygens (including phenoxy) is 2. The van der Waals surface area contributed by atoms with Gasteiger partial charge in [0.25, 0.3) is 0 Å². The Balaban J connectivity index is 2.32. The van der Waals surface area contributed by atoms with Gasteiger partial charge >= 0.3 is 5.97 Å². The lowest BCUT2D eigenvalue weighted by atomic mass is 9.95. The van der Waals surface area contributed by atoms with Crippen LogP contribution in [-0.2, 0) is 22.4 Å². The summed E-state index contributed by atoms with van der Waals surface area (Å²) in [7, 11) is 0. The van der Waals surface area contributed by atoms with Crippen molar-refractivity contribution in [1.29, 1.82) is 0 Å². The highest BCUT2D eigenvalue weighted by atomic mass is 19.1. The number of rotatable bonds is 10. The van der Waals surface area contributed by atoms with Gasteiger partial charge < -0.3 is 14.6 Å². The molecule has 28 heavy (non-hydrogen) atoms. The molecule has 0 bridgehead atoms. The van der Waals surface area contributed by atoms with Crippen LogP contribution in [0.4, 0.5) is 4.39 Å². The predicted octanol–water partition coefficient (Wildman–Crippen LogP) is 4.48. The lowest BCUT2D eigenvalue weighted by Crippen LogP contribution is -2.09. The number of aryl methyl sites for hydroxylation is 1. The van der Waals surface area contributed by atoms with E-state index in [-0.39, 0.29) is 19.8 Å². The fourth-order valence-electron chi connectivity index (χ4n) is 2.91. The Morgan fingerprint density at radius 2 is 1.86 bits per heavy atom. The van der Waals surface area contributed by atoms with Gasteiger partial charge in [-0.05, 0) is 36.1 Å². The summed E-state index contributed by atoms with van der Waals surface area (Å²) in [6.07, 6.45) is 2.35. The third kappa shape index (κ3) is 5.92. The molecule has 1 N–H and O–H groups in total. The molecule has 5 heteroatoms. The van der Waals surface area contributed by atoms with Crippen molar-refractivity contribution in [3.8, 4) is 16.9 Å². The van der Waals surface area contributed by atoms with E-state index in [0.29, 0.717) is 28.9 Å². The third-order valence-corrected chi connectivity index (χ3v) is 4.24. The maximum absolute atomic E-state index is 14.9. The Morgan fingerprint density at radius 3 is 2.46 bits per heavy atom. The number of carbonyl (C=O) groups is 1. The summed E-state index contributed by atoms with van der Waals surface area (Å²) in [5.74, 6) is -0.558. The van der Waals surface area contributed by atoms with Crippen molar-refractivity contribution in [3.05, 3.63) is 65.5 Å². The molecule has 0 atom stereocenters. The van der Waals surface area contributed by atoms with Gasteiger partial charge in [-0.25, -0.2) is 9.18 Å². The van der Waals surface area contributed by atoms with Crippen molar-refractivity contribution in [3.63, 3.8) is 0 Å². The summed E-state index contributed by atoms with van der Waals surface area (Å²) >= 11 is 0. The SMILES string of the molecule is C=C(C)C(=O)OCCc1cc(OCCO)cc(F)c1-c1ccc(CCC)cc1. The van der Waals surface area contributed by atoms with E-state index in [2.05, 4.69) is 13.5 Å². The molecule has 2 rings (SSSR count). The molecule has 0 radical (unpaired) electrons. The Bertz CT molecular complexity index is 812. The minimum absolute atomic E-state index is 0.0780. The molecule has 150 valence electrons. The predicted molar refractivity (Wildman–Crippen MR) is 108 cm³/mol. The van der Waals surface area contributed by atoms with E-state index >= 15 is 0 Å². The number of benzene rings is 2. The van der Waals surface area contributed by atoms with Crippen molar-refractivity contribution >= 4 is 5.97 Å². The van der Waals surface area contributed by atoms with Crippen LogP contribution in [0.3, 0.4) is 0 Å². The first-order valence-electron chi connectivity index (χ1n) is 9.44. The molecule has 0 spiro atoms. The number of halogens is 1. The average molecular weight is 386 g/mol. The quantitative estimate of drug-likeness (QED) is 0.483. The van der Waals surface area contributed by atoms with E-state index in [1.165, 1.54) is 11.6 Å². The van der Waals surface area contributed by atoms with Crippen LogP contribution >= 0.6 is 0 Å². The first-order valence-corrected chi connectivity index (χ1v) is 9.44. The zero-order valence-corrected chi connectivity index (χ0v) is 16.5. The molecule has 0 aliphatic rings. The third-order valence-electron chi connectivity index (χ3n) is 4.24. The van der Waals surface area contributed by atoms with Crippen LogP contribution in [0.25, 0.3) is 11.1 Å². The molecule has 2 aromatic carbocycles. The molecule has 0 saturated heterocycles. The van der Waals surface area contributed by atoms with Crippen LogP contribution in [0.2, 0.25) is 0 Å². The number of carbonyl (C=O) groups excluding carboxylic acids is 1. The summed E-state index contributed by atoms with van der Waals surface area (Å²) in [5.41, 5.74) is 3.41. The van der Waals surface area contributed by atoms with Gasteiger partial charge in [-0.3, -0.25) is 0 Å². The number of hydrogen-bond acceptors (Lipinski definition) is 4. The normalized spacial score (nSPS) is 10.6. The summed E-state index contributed by atoms with van der Waals surface area (Å²) in [6.45, 7) is 7.27. The first-order chi connectivity index (χ1) is 13.5. The zero-order chi connectivity index (χ0) is 20.5. The van der Waals surface area contributed by atoms with Crippen LogP contribution in [0.5, 0.6) is 5.75 Å². The second-order valence-electron chi connectivity index (χ2n) is 6.62. The fraction of sp³-hybridized carbons (Fsp3) is 0.348. The van der Waals surface area contributed by atoms with E-state index < -0.39 is 11.8 Å². The van der Waals surface area contributed by atoms with Gasteiger partial charge in [0.15, 0.2) is 0 Å². The molecular weight excluding hydrogens is 359 g/mol. The van der Waals surface area contributed by atoms with Gasteiger partial charge in [0, 0.05) is 23.6 Å². The van der Waals surface area contributed by atoms with E-state index in [0.717, 1.165) is 18.4 Å². The van der Waals surface area contributed by atoms with E-state index in [1.54, 1.807) is 13.0 Å². The maximum Gasteiger partial charge on any atom is 0.333 e. The Labute approximate surface area is 165 Å². The summed E-state index contributed by atoms with van der Waals surface area (Å²) in [5, 5.41) is 8.94. The van der Waals surface area contributed by atoms with Crippen LogP contribution < -0.4 is 4.74 Å². The Hall–Kier alpha value is -2.66. The van der Waals surface area contributed by atoms with Crippen molar-refractivity contribution < 1.29 is 23.8 Å². The van der Waals surface area contributed by atoms with Gasteiger partial charge in [-0.15, -0.1) is 0 Å². The van der Waals surface area contributed by atoms with Crippen LogP contribution in [0.1, 0.15) is 31.4 Å². The van der Waals surface area contributed by atoms with Crippen molar-refractivity contribution in [2.45, 2.75) is 33.1 Å². The minimum atomic E-state index is -0.473. The number of hydrogen-bond donors (Lipinski definition) is 1. The molecular formula is C23H27FO4. The molecule has 0 aliphatic carbocycles. The smallest absolute Gasteiger partial charge is 0.333 e. The minimum Gasteiger partial charge on any atom is -0.491 e. The molecule has 0 unspecified atom stereocenters. The molecule has 4 nitrogen and oxygen atoms in total. The highest BCUT2D eigenvalue weighted by Crippen LogP contribution is 2.32. The number of esters is 1. The number of aliphatic hydroxyl groups excluding tert-OH is 1. The molecule has 2 aromatic rings. The molecule has 0 aromatic heterocycles. The van der Waals surface area contributed by atoms with Gasteiger partial charge in [0.05, 0.1) is 13.2 Å². The van der Waals surface area contributed by atoms with Crippen molar-refractivity contribution in [1.82, 2.24) is 0 Å². The lowest BCUT2D eigenvalue weighted by Gasteiger charge is -2.15. The summed E-state index contributed by atoms with van der Waals surface area (Å²) < 4.78 is 25.5. The average Bonchev–Trinajstić information content (AvgIpc) is 2.67. The van der Waals surface area contributed by atoms with Crippen molar-refractivity contribution in [2.24, 2.45) is 0 Å². The second kappa shape index (κ2) is 10.6. The number of aliphatic hydroxyl groups is 1. The monoisotopic (exact) mass is 386 g/mol. The maximum atomic E-state index is 14.9. The van der Waals surface area contributed by atoms with E-state index in [1.807, 2.05) is 24.3 Å². The summed E-state index contributed by atoms with van der Waals surface area (Å²) in [6, 6.07) is 10.8. The van der Waals surface area contributed by atoms with Gasteiger partial charge in [0.2, 0.25) is 0 Å². The lowest BCUT2D eigenvalue weighted by molar-refractivity contribution is -0.138. The highest BCUT2D eigenvalue weighted by molar-refractivity contribution is 5.86. The molecule has 0 fully saturated rings. The molecule has 0 amide bonds. The van der Waals surface area contributed by atoms with Gasteiger partial charge in [0.1, 0.15) is 18.2 Å². The Morgan fingerprint density at radius 1 is 1.14 bits per heavy atom.